The van der Waals surface area contributed by atoms with E-state index in [2.05, 4.69) is 41.0 Å². The largest absolute Gasteiger partial charge is 0.468 e. The average molecular weight is 378 g/mol. The van der Waals surface area contributed by atoms with E-state index in [4.69, 9.17) is 4.74 Å². The highest BCUT2D eigenvalue weighted by atomic mass is 32.2. The van der Waals surface area contributed by atoms with Gasteiger partial charge in [0.05, 0.1) is 13.7 Å². The zero-order valence-corrected chi connectivity index (χ0v) is 16.3. The molecule has 1 aromatic carbocycles. The highest BCUT2D eigenvalue weighted by Crippen LogP contribution is 2.22. The third kappa shape index (κ3) is 4.51. The average Bonchev–Trinajstić information content (AvgIpc) is 2.68. The number of aryl methyl sites for hydroxylation is 1. The molecule has 0 radical (unpaired) electrons. The van der Waals surface area contributed by atoms with Crippen LogP contribution in [-0.2, 0) is 14.3 Å². The number of benzene rings is 1. The minimum absolute atomic E-state index is 0.114. The summed E-state index contributed by atoms with van der Waals surface area (Å²) in [5, 5.41) is -0.254. The maximum absolute atomic E-state index is 12.6. The van der Waals surface area contributed by atoms with Crippen LogP contribution in [-0.4, -0.2) is 85.6 Å². The molecule has 0 bridgehead atoms. The van der Waals surface area contributed by atoms with Gasteiger partial charge in [0.25, 0.3) is 0 Å². The lowest BCUT2D eigenvalue weighted by Crippen LogP contribution is -2.52. The van der Waals surface area contributed by atoms with Gasteiger partial charge < -0.3 is 14.5 Å². The molecule has 3 rings (SSSR count). The van der Waals surface area contributed by atoms with Crippen molar-refractivity contribution in [3.8, 4) is 0 Å². The van der Waals surface area contributed by atoms with Crippen LogP contribution < -0.4 is 4.90 Å². The Hall–Kier alpha value is -1.73. The molecule has 1 aromatic rings. The van der Waals surface area contributed by atoms with Gasteiger partial charge in [-0.25, -0.2) is 0 Å². The number of carbonyl (C=O) groups excluding carboxylic acids is 2. The third-order valence-corrected chi connectivity index (χ3v) is 6.23. The number of hydrogen-bond acceptors (Lipinski definition) is 6. The molecule has 26 heavy (non-hydrogen) atoms. The fourth-order valence-corrected chi connectivity index (χ4v) is 4.63. The number of rotatable bonds is 4. The van der Waals surface area contributed by atoms with Crippen LogP contribution in [0.4, 0.5) is 5.69 Å². The summed E-state index contributed by atoms with van der Waals surface area (Å²) >= 11 is 1.57. The van der Waals surface area contributed by atoms with Gasteiger partial charge in [0, 0.05) is 50.7 Å². The van der Waals surface area contributed by atoms with Crippen molar-refractivity contribution in [1.82, 2.24) is 9.80 Å². The van der Waals surface area contributed by atoms with E-state index in [0.717, 1.165) is 31.9 Å². The van der Waals surface area contributed by atoms with Crippen molar-refractivity contribution in [2.24, 2.45) is 0 Å². The number of methoxy groups -OCH3 is 1. The van der Waals surface area contributed by atoms with Gasteiger partial charge >= 0.3 is 5.97 Å². The Morgan fingerprint density at radius 3 is 2.58 bits per heavy atom. The van der Waals surface area contributed by atoms with E-state index in [1.54, 1.807) is 11.8 Å². The van der Waals surface area contributed by atoms with Crippen molar-refractivity contribution in [3.63, 3.8) is 0 Å². The summed E-state index contributed by atoms with van der Waals surface area (Å²) in [5.41, 5.74) is 2.57. The number of nitrogens with zero attached hydrogens (tertiary/aromatic N) is 3. The Kier molecular flexibility index (Phi) is 6.43. The number of anilines is 1. The molecule has 0 aromatic heterocycles. The fraction of sp³-hybridized carbons (Fsp3) is 0.579. The zero-order valence-electron chi connectivity index (χ0n) is 15.5. The van der Waals surface area contributed by atoms with Gasteiger partial charge in [-0.05, 0) is 18.6 Å². The van der Waals surface area contributed by atoms with Crippen molar-refractivity contribution in [2.45, 2.75) is 12.2 Å². The molecule has 0 N–H and O–H groups in total. The Bertz CT molecular complexity index is 647. The second-order valence-corrected chi connectivity index (χ2v) is 8.08. The predicted molar refractivity (Wildman–Crippen MR) is 105 cm³/mol. The summed E-state index contributed by atoms with van der Waals surface area (Å²) in [6.07, 6.45) is 0. The minimum Gasteiger partial charge on any atom is -0.468 e. The van der Waals surface area contributed by atoms with Crippen LogP contribution in [0.2, 0.25) is 0 Å². The molecular weight excluding hydrogens is 350 g/mol. The van der Waals surface area contributed by atoms with Crippen LogP contribution in [0.1, 0.15) is 5.56 Å². The van der Waals surface area contributed by atoms with Crippen LogP contribution in [0, 0.1) is 6.92 Å². The van der Waals surface area contributed by atoms with E-state index in [1.807, 2.05) is 4.90 Å². The molecular formula is C19H27N3O3S. The second kappa shape index (κ2) is 8.77. The van der Waals surface area contributed by atoms with Crippen molar-refractivity contribution in [1.29, 1.82) is 0 Å². The van der Waals surface area contributed by atoms with Gasteiger partial charge in [0.15, 0.2) is 0 Å². The van der Waals surface area contributed by atoms with Gasteiger partial charge in [-0.1, -0.05) is 18.2 Å². The van der Waals surface area contributed by atoms with Gasteiger partial charge in [0.2, 0.25) is 5.91 Å². The molecule has 2 saturated heterocycles. The van der Waals surface area contributed by atoms with Crippen LogP contribution >= 0.6 is 11.8 Å². The lowest BCUT2D eigenvalue weighted by Gasteiger charge is -2.38. The number of para-hydroxylation sites is 1. The summed E-state index contributed by atoms with van der Waals surface area (Å²) in [7, 11) is 1.40. The summed E-state index contributed by atoms with van der Waals surface area (Å²) < 4.78 is 4.82. The van der Waals surface area contributed by atoms with E-state index in [1.165, 1.54) is 18.4 Å². The number of amides is 1. The lowest BCUT2D eigenvalue weighted by atomic mass is 10.1. The van der Waals surface area contributed by atoms with E-state index < -0.39 is 0 Å². The van der Waals surface area contributed by atoms with Crippen LogP contribution in [0.5, 0.6) is 0 Å². The Morgan fingerprint density at radius 2 is 1.88 bits per heavy atom. The Balaban J connectivity index is 1.49. The Labute approximate surface area is 159 Å². The number of carbonyl (C=O) groups is 2. The summed E-state index contributed by atoms with van der Waals surface area (Å²) in [6, 6.07) is 8.43. The van der Waals surface area contributed by atoms with Crippen molar-refractivity contribution < 1.29 is 14.3 Å². The number of hydrogen-bond donors (Lipinski definition) is 0. The molecule has 142 valence electrons. The molecule has 6 nitrogen and oxygen atoms in total. The van der Waals surface area contributed by atoms with Crippen LogP contribution in [0.15, 0.2) is 24.3 Å². The molecule has 0 spiro atoms. The molecule has 1 atom stereocenters. The molecule has 2 fully saturated rings. The van der Waals surface area contributed by atoms with E-state index in [-0.39, 0.29) is 17.1 Å². The SMILES string of the molecule is COC(=O)[C@@H]1CN(C(=O)CN2CCN(c3ccccc3C)CC2)CCS1. The summed E-state index contributed by atoms with van der Waals surface area (Å²) in [6.45, 7) is 7.35. The maximum atomic E-state index is 12.6. The van der Waals surface area contributed by atoms with Gasteiger partial charge in [-0.3, -0.25) is 14.5 Å². The normalized spacial score (nSPS) is 21.5. The molecule has 0 unspecified atom stereocenters. The minimum atomic E-state index is -0.254. The first kappa shape index (κ1) is 19.0. The molecule has 0 saturated carbocycles. The molecule has 0 aliphatic carbocycles. The molecule has 2 heterocycles. The van der Waals surface area contributed by atoms with Crippen molar-refractivity contribution >= 4 is 29.3 Å². The highest BCUT2D eigenvalue weighted by molar-refractivity contribution is 8.00. The first-order valence-electron chi connectivity index (χ1n) is 9.08. The second-order valence-electron chi connectivity index (χ2n) is 6.77. The van der Waals surface area contributed by atoms with E-state index >= 15 is 0 Å². The molecule has 7 heteroatoms. The first-order chi connectivity index (χ1) is 12.6. The molecule has 2 aliphatic heterocycles. The molecule has 2 aliphatic rings. The monoisotopic (exact) mass is 377 g/mol. The fourth-order valence-electron chi connectivity index (χ4n) is 3.51. The van der Waals surface area contributed by atoms with Gasteiger partial charge in [-0.15, -0.1) is 11.8 Å². The third-order valence-electron chi connectivity index (χ3n) is 5.07. The van der Waals surface area contributed by atoms with Crippen molar-refractivity contribution in [3.05, 3.63) is 29.8 Å². The smallest absolute Gasteiger partial charge is 0.320 e. The van der Waals surface area contributed by atoms with E-state index in [9.17, 15) is 9.59 Å². The number of piperazine rings is 1. The maximum Gasteiger partial charge on any atom is 0.320 e. The van der Waals surface area contributed by atoms with Gasteiger partial charge in [0.1, 0.15) is 5.25 Å². The number of ether oxygens (including phenoxy) is 1. The number of esters is 1. The van der Waals surface area contributed by atoms with E-state index in [0.29, 0.717) is 19.6 Å². The summed E-state index contributed by atoms with van der Waals surface area (Å²) in [4.78, 5) is 30.8. The van der Waals surface area contributed by atoms with Crippen LogP contribution in [0.3, 0.4) is 0 Å². The highest BCUT2D eigenvalue weighted by Gasteiger charge is 2.30. The van der Waals surface area contributed by atoms with Gasteiger partial charge in [-0.2, -0.15) is 0 Å². The molecule has 1 amide bonds. The quantitative estimate of drug-likeness (QED) is 0.736. The number of thioether (sulfide) groups is 1. The topological polar surface area (TPSA) is 53.1 Å². The Morgan fingerprint density at radius 1 is 1.15 bits per heavy atom. The zero-order chi connectivity index (χ0) is 18.5. The predicted octanol–water partition coefficient (Wildman–Crippen LogP) is 1.23. The van der Waals surface area contributed by atoms with Crippen molar-refractivity contribution in [2.75, 3.05) is 63.6 Å². The standard InChI is InChI=1S/C19H27N3O3S/c1-15-5-3-4-6-16(15)21-9-7-20(8-10-21)14-18(23)22-11-12-26-17(13-22)19(24)25-2/h3-6,17H,7-14H2,1-2H3/t17-/m0/s1. The van der Waals surface area contributed by atoms with Crippen LogP contribution in [0.25, 0.3) is 0 Å². The summed E-state index contributed by atoms with van der Waals surface area (Å²) in [5.74, 6) is 0.662. The lowest BCUT2D eigenvalue weighted by molar-refractivity contribution is -0.141. The first-order valence-corrected chi connectivity index (χ1v) is 10.1.